The topological polar surface area (TPSA) is 89.3 Å². The Morgan fingerprint density at radius 1 is 1.38 bits per heavy atom. The highest BCUT2D eigenvalue weighted by molar-refractivity contribution is 7.90. The maximum atomic E-state index is 11.9. The molecule has 94 valence electrons. The summed E-state index contributed by atoms with van der Waals surface area (Å²) in [5.74, 6) is -0.452. The van der Waals surface area contributed by atoms with E-state index >= 15 is 0 Å². The van der Waals surface area contributed by atoms with Crippen molar-refractivity contribution < 1.29 is 13.2 Å². The Morgan fingerprint density at radius 2 is 1.88 bits per heavy atom. The summed E-state index contributed by atoms with van der Waals surface area (Å²) in [7, 11) is -3.45. The molecule has 0 bridgehead atoms. The normalized spacial score (nSPS) is 17.2. The molecule has 1 aliphatic carbocycles. The van der Waals surface area contributed by atoms with Crippen LogP contribution in [-0.2, 0) is 14.8 Å². The lowest BCUT2D eigenvalue weighted by Crippen LogP contribution is -2.48. The van der Waals surface area contributed by atoms with Gasteiger partial charge < -0.3 is 5.73 Å². The van der Waals surface area contributed by atoms with Crippen molar-refractivity contribution in [3.8, 4) is 0 Å². The van der Waals surface area contributed by atoms with Gasteiger partial charge in [0.1, 0.15) is 0 Å². The maximum Gasteiger partial charge on any atom is 0.240 e. The van der Waals surface area contributed by atoms with Gasteiger partial charge in [0.25, 0.3) is 0 Å². The number of amides is 1. The number of hydrogen-bond acceptors (Lipinski definition) is 4. The van der Waals surface area contributed by atoms with Gasteiger partial charge >= 0.3 is 0 Å². The van der Waals surface area contributed by atoms with E-state index in [-0.39, 0.29) is 11.8 Å². The average molecular weight is 248 g/mol. The van der Waals surface area contributed by atoms with Gasteiger partial charge in [0.05, 0.1) is 10.7 Å². The first-order valence-electron chi connectivity index (χ1n) is 5.68. The summed E-state index contributed by atoms with van der Waals surface area (Å²) in [5, 5.41) is -0.374. The number of hydrogen-bond donors (Lipinski definition) is 2. The highest BCUT2D eigenvalue weighted by Crippen LogP contribution is 2.30. The Labute approximate surface area is 96.8 Å². The maximum absolute atomic E-state index is 11.9. The molecule has 0 aromatic rings. The predicted molar refractivity (Wildman–Crippen MR) is 62.2 cm³/mol. The summed E-state index contributed by atoms with van der Waals surface area (Å²) in [6.07, 6.45) is 2.39. The first-order chi connectivity index (χ1) is 7.41. The lowest BCUT2D eigenvalue weighted by molar-refractivity contribution is -0.129. The van der Waals surface area contributed by atoms with E-state index in [9.17, 15) is 13.2 Å². The van der Waals surface area contributed by atoms with Crippen LogP contribution in [0.5, 0.6) is 0 Å². The Bertz CT molecular complexity index is 348. The Balaban J connectivity index is 2.76. The van der Waals surface area contributed by atoms with Gasteiger partial charge in [0.2, 0.25) is 15.9 Å². The molecule has 0 spiro atoms. The van der Waals surface area contributed by atoms with Gasteiger partial charge in [-0.1, -0.05) is 13.8 Å². The first kappa shape index (κ1) is 13.4. The standard InChI is InChI=1S/C10H20N2O3S/c1-3-10(4-2,7-11)9(13)12-16(14,15)8-5-6-8/h8H,3-7,11H2,1-2H3,(H,12,13). The van der Waals surface area contributed by atoms with E-state index in [1.165, 1.54) is 0 Å². The molecular weight excluding hydrogens is 228 g/mol. The van der Waals surface area contributed by atoms with E-state index in [0.717, 1.165) is 0 Å². The zero-order chi connectivity index (χ0) is 12.4. The molecule has 0 unspecified atom stereocenters. The molecule has 6 heteroatoms. The van der Waals surface area contributed by atoms with Crippen LogP contribution in [0, 0.1) is 5.41 Å². The van der Waals surface area contributed by atoms with E-state index in [4.69, 9.17) is 5.73 Å². The smallest absolute Gasteiger partial charge is 0.240 e. The van der Waals surface area contributed by atoms with Gasteiger partial charge in [-0.05, 0) is 25.7 Å². The quantitative estimate of drug-likeness (QED) is 0.710. The lowest BCUT2D eigenvalue weighted by Gasteiger charge is -2.28. The van der Waals surface area contributed by atoms with Crippen LogP contribution in [0.25, 0.3) is 0 Å². The molecule has 1 fully saturated rings. The van der Waals surface area contributed by atoms with Crippen molar-refractivity contribution >= 4 is 15.9 Å². The number of nitrogens with one attached hydrogen (secondary N) is 1. The number of rotatable bonds is 6. The summed E-state index contributed by atoms with van der Waals surface area (Å²) in [5.41, 5.74) is 4.84. The fourth-order valence-electron chi connectivity index (χ4n) is 1.65. The summed E-state index contributed by atoms with van der Waals surface area (Å²) in [4.78, 5) is 11.9. The van der Waals surface area contributed by atoms with E-state index < -0.39 is 21.3 Å². The van der Waals surface area contributed by atoms with Crippen LogP contribution in [0.2, 0.25) is 0 Å². The Morgan fingerprint density at radius 3 is 2.19 bits per heavy atom. The zero-order valence-corrected chi connectivity index (χ0v) is 10.6. The van der Waals surface area contributed by atoms with E-state index in [1.807, 2.05) is 13.8 Å². The molecule has 0 saturated heterocycles. The van der Waals surface area contributed by atoms with Crippen LogP contribution < -0.4 is 10.5 Å². The van der Waals surface area contributed by atoms with Crippen molar-refractivity contribution in [2.24, 2.45) is 11.1 Å². The number of carbonyl (C=O) groups is 1. The van der Waals surface area contributed by atoms with Gasteiger partial charge in [-0.2, -0.15) is 0 Å². The van der Waals surface area contributed by atoms with Crippen LogP contribution in [-0.4, -0.2) is 26.1 Å². The third-order valence-corrected chi connectivity index (χ3v) is 5.24. The SMILES string of the molecule is CCC(CC)(CN)C(=O)NS(=O)(=O)C1CC1. The minimum absolute atomic E-state index is 0.173. The molecule has 0 aliphatic heterocycles. The van der Waals surface area contributed by atoms with E-state index in [0.29, 0.717) is 25.7 Å². The van der Waals surface area contributed by atoms with Crippen LogP contribution in [0.3, 0.4) is 0 Å². The Hall–Kier alpha value is -0.620. The largest absolute Gasteiger partial charge is 0.329 e. The highest BCUT2D eigenvalue weighted by atomic mass is 32.2. The van der Waals surface area contributed by atoms with Gasteiger partial charge in [-0.15, -0.1) is 0 Å². The summed E-state index contributed by atoms with van der Waals surface area (Å²) >= 11 is 0. The second-order valence-electron chi connectivity index (χ2n) is 4.37. The molecular formula is C10H20N2O3S. The van der Waals surface area contributed by atoms with Crippen LogP contribution in [0.15, 0.2) is 0 Å². The average Bonchev–Trinajstić information content (AvgIpc) is 3.04. The second kappa shape index (κ2) is 4.71. The molecule has 1 rings (SSSR count). The summed E-state index contributed by atoms with van der Waals surface area (Å²) in [6.45, 7) is 3.87. The number of sulfonamides is 1. The predicted octanol–water partition coefficient (Wildman–Crippen LogP) is 0.360. The third-order valence-electron chi connectivity index (χ3n) is 3.42. The van der Waals surface area contributed by atoms with E-state index in [2.05, 4.69) is 4.72 Å². The van der Waals surface area contributed by atoms with Gasteiger partial charge in [0, 0.05) is 6.54 Å². The minimum Gasteiger partial charge on any atom is -0.329 e. The molecule has 0 aromatic carbocycles. The van der Waals surface area contributed by atoms with Gasteiger partial charge in [-0.25, -0.2) is 8.42 Å². The molecule has 1 aliphatic rings. The van der Waals surface area contributed by atoms with Crippen molar-refractivity contribution in [3.05, 3.63) is 0 Å². The van der Waals surface area contributed by atoms with E-state index in [1.54, 1.807) is 0 Å². The van der Waals surface area contributed by atoms with Crippen molar-refractivity contribution in [2.45, 2.75) is 44.8 Å². The monoisotopic (exact) mass is 248 g/mol. The highest BCUT2D eigenvalue weighted by Gasteiger charge is 2.41. The van der Waals surface area contributed by atoms with Gasteiger partial charge in [0.15, 0.2) is 0 Å². The summed E-state index contributed by atoms with van der Waals surface area (Å²) in [6, 6.07) is 0. The van der Waals surface area contributed by atoms with Crippen LogP contribution in [0.4, 0.5) is 0 Å². The van der Waals surface area contributed by atoms with Crippen molar-refractivity contribution in [1.82, 2.24) is 4.72 Å². The van der Waals surface area contributed by atoms with Gasteiger partial charge in [-0.3, -0.25) is 9.52 Å². The molecule has 1 amide bonds. The number of nitrogens with two attached hydrogens (primary N) is 1. The zero-order valence-electron chi connectivity index (χ0n) is 9.82. The molecule has 0 atom stereocenters. The minimum atomic E-state index is -3.45. The molecule has 3 N–H and O–H groups in total. The van der Waals surface area contributed by atoms with Crippen molar-refractivity contribution in [1.29, 1.82) is 0 Å². The lowest BCUT2D eigenvalue weighted by atomic mass is 9.82. The second-order valence-corrected chi connectivity index (χ2v) is 6.33. The molecule has 0 heterocycles. The fourth-order valence-corrected chi connectivity index (χ4v) is 3.05. The molecule has 1 saturated carbocycles. The molecule has 0 aromatic heterocycles. The summed E-state index contributed by atoms with van der Waals surface area (Å²) < 4.78 is 25.4. The molecule has 5 nitrogen and oxygen atoms in total. The molecule has 16 heavy (non-hydrogen) atoms. The fraction of sp³-hybridized carbons (Fsp3) is 0.900. The molecule has 0 radical (unpaired) electrons. The van der Waals surface area contributed by atoms with Crippen molar-refractivity contribution in [2.75, 3.05) is 6.54 Å². The number of carbonyl (C=O) groups excluding carboxylic acids is 1. The Kier molecular flexibility index (Phi) is 3.96. The van der Waals surface area contributed by atoms with Crippen LogP contribution >= 0.6 is 0 Å². The first-order valence-corrected chi connectivity index (χ1v) is 7.22. The third kappa shape index (κ3) is 2.55. The van der Waals surface area contributed by atoms with Crippen molar-refractivity contribution in [3.63, 3.8) is 0 Å². The van der Waals surface area contributed by atoms with Crippen LogP contribution in [0.1, 0.15) is 39.5 Å².